The van der Waals surface area contributed by atoms with Crippen LogP contribution in [0.25, 0.3) is 0 Å². The third-order valence-corrected chi connectivity index (χ3v) is 3.84. The fourth-order valence-electron chi connectivity index (χ4n) is 2.24. The van der Waals surface area contributed by atoms with E-state index in [1.165, 1.54) is 25.7 Å². The van der Waals surface area contributed by atoms with Gasteiger partial charge in [-0.05, 0) is 32.6 Å². The summed E-state index contributed by atoms with van der Waals surface area (Å²) in [6, 6.07) is -0.520. The summed E-state index contributed by atoms with van der Waals surface area (Å²) in [6.45, 7) is 7.65. The zero-order valence-corrected chi connectivity index (χ0v) is 15.7. The Morgan fingerprint density at radius 1 is 0.913 bits per heavy atom. The van der Waals surface area contributed by atoms with E-state index in [9.17, 15) is 9.90 Å². The fraction of sp³-hybridized carbons (Fsp3) is 0.737. The summed E-state index contributed by atoms with van der Waals surface area (Å²) >= 11 is 0. The third-order valence-electron chi connectivity index (χ3n) is 3.84. The van der Waals surface area contributed by atoms with Crippen LogP contribution in [0, 0.1) is 0 Å². The number of hydrogen-bond acceptors (Lipinski definition) is 3. The molecule has 0 aromatic rings. The molecule has 128 valence electrons. The Morgan fingerprint density at radius 3 is 1.65 bits per heavy atom. The van der Waals surface area contributed by atoms with Crippen molar-refractivity contribution in [3.05, 3.63) is 24.3 Å². The summed E-state index contributed by atoms with van der Waals surface area (Å²) in [5.41, 5.74) is 0. The van der Waals surface area contributed by atoms with Crippen molar-refractivity contribution in [2.75, 3.05) is 13.1 Å². The quantitative estimate of drug-likeness (QED) is 0.269. The second-order valence-corrected chi connectivity index (χ2v) is 5.84. The van der Waals surface area contributed by atoms with E-state index >= 15 is 0 Å². The molecular weight excluding hydrogens is 281 g/mol. The van der Waals surface area contributed by atoms with E-state index in [1.54, 1.807) is 6.92 Å². The summed E-state index contributed by atoms with van der Waals surface area (Å²) in [5.74, 6) is -0.982. The first kappa shape index (κ1) is 24.8. The van der Waals surface area contributed by atoms with Crippen LogP contribution in [0.4, 0.5) is 0 Å². The number of unbranched alkanes of at least 4 members (excludes halogenated alkanes) is 4. The van der Waals surface area contributed by atoms with Crippen LogP contribution in [0.5, 0.6) is 0 Å². The normalized spacial score (nSPS) is 12.9. The average molecular weight is 315 g/mol. The standard InChI is InChI=1S/C19H35NO2.Li/c1-4-6-8-10-12-14-16-20(18(3)19(21)22)17-15-13-11-9-7-5-2;/h10-13,18H,4-9,14-17H2,1-3H3,(H,21,22);/q;+1/p-1/b12-10+,13-11+;. The number of carbonyl (C=O) groups is 1. The maximum absolute atomic E-state index is 11.1. The van der Waals surface area contributed by atoms with Gasteiger partial charge in [0.05, 0.1) is 5.97 Å². The van der Waals surface area contributed by atoms with E-state index in [1.807, 2.05) is 4.90 Å². The molecule has 0 heterocycles. The zero-order valence-electron chi connectivity index (χ0n) is 15.7. The van der Waals surface area contributed by atoms with Crippen LogP contribution in [0.15, 0.2) is 24.3 Å². The van der Waals surface area contributed by atoms with Crippen LogP contribution in [0.2, 0.25) is 0 Å². The van der Waals surface area contributed by atoms with Gasteiger partial charge in [0.15, 0.2) is 0 Å². The third kappa shape index (κ3) is 14.8. The molecule has 1 atom stereocenters. The predicted octanol–water partition coefficient (Wildman–Crippen LogP) is 0.704. The van der Waals surface area contributed by atoms with E-state index in [0.717, 1.165) is 38.8 Å². The number of carboxylic acids is 1. The Balaban J connectivity index is 0. The summed E-state index contributed by atoms with van der Waals surface area (Å²) < 4.78 is 0. The number of rotatable bonds is 14. The van der Waals surface area contributed by atoms with Crippen molar-refractivity contribution in [2.24, 2.45) is 0 Å². The molecule has 0 bridgehead atoms. The Bertz CT molecular complexity index is 307. The van der Waals surface area contributed by atoms with Crippen LogP contribution in [-0.4, -0.2) is 30.0 Å². The number of nitrogens with zero attached hydrogens (tertiary/aromatic N) is 1. The first-order valence-electron chi connectivity index (χ1n) is 8.88. The SMILES string of the molecule is CCCC/C=C/CCN(CC/C=C/CCCC)C(C)C(=O)[O-].[Li+]. The summed E-state index contributed by atoms with van der Waals surface area (Å²) in [6.07, 6.45) is 17.7. The van der Waals surface area contributed by atoms with Gasteiger partial charge in [-0.3, -0.25) is 4.90 Å². The molecule has 0 fully saturated rings. The summed E-state index contributed by atoms with van der Waals surface area (Å²) in [4.78, 5) is 13.1. The summed E-state index contributed by atoms with van der Waals surface area (Å²) in [7, 11) is 0. The number of allylic oxidation sites excluding steroid dienone is 2. The number of carbonyl (C=O) groups excluding carboxylic acids is 1. The molecule has 23 heavy (non-hydrogen) atoms. The van der Waals surface area contributed by atoms with Gasteiger partial charge < -0.3 is 9.90 Å². The van der Waals surface area contributed by atoms with Crippen LogP contribution >= 0.6 is 0 Å². The van der Waals surface area contributed by atoms with Gasteiger partial charge >= 0.3 is 18.9 Å². The van der Waals surface area contributed by atoms with Gasteiger partial charge in [0.25, 0.3) is 0 Å². The fourth-order valence-corrected chi connectivity index (χ4v) is 2.24. The minimum absolute atomic E-state index is 0. The molecule has 0 aliphatic heterocycles. The van der Waals surface area contributed by atoms with Crippen LogP contribution in [0.1, 0.15) is 72.1 Å². The molecule has 0 aromatic carbocycles. The van der Waals surface area contributed by atoms with Crippen molar-refractivity contribution in [1.82, 2.24) is 4.90 Å². The first-order valence-corrected chi connectivity index (χ1v) is 8.88. The average Bonchev–Trinajstić information content (AvgIpc) is 2.51. The Morgan fingerprint density at radius 2 is 1.30 bits per heavy atom. The van der Waals surface area contributed by atoms with Crippen LogP contribution in [0.3, 0.4) is 0 Å². The van der Waals surface area contributed by atoms with E-state index in [0.29, 0.717) is 0 Å². The molecule has 0 aliphatic carbocycles. The van der Waals surface area contributed by atoms with E-state index in [4.69, 9.17) is 0 Å². The molecule has 0 aliphatic rings. The second kappa shape index (κ2) is 17.9. The number of hydrogen-bond donors (Lipinski definition) is 0. The van der Waals surface area contributed by atoms with Gasteiger partial charge in [-0.15, -0.1) is 0 Å². The monoisotopic (exact) mass is 315 g/mol. The van der Waals surface area contributed by atoms with Crippen molar-refractivity contribution in [3.63, 3.8) is 0 Å². The van der Waals surface area contributed by atoms with Crippen molar-refractivity contribution in [1.29, 1.82) is 0 Å². The molecule has 3 nitrogen and oxygen atoms in total. The van der Waals surface area contributed by atoms with Crippen LogP contribution in [-0.2, 0) is 4.79 Å². The Labute approximate surface area is 155 Å². The maximum Gasteiger partial charge on any atom is 1.00 e. The predicted molar refractivity (Wildman–Crippen MR) is 92.6 cm³/mol. The molecule has 0 rings (SSSR count). The molecular formula is C19H34LiNO2. The van der Waals surface area contributed by atoms with Gasteiger partial charge in [-0.2, -0.15) is 0 Å². The molecule has 0 saturated heterocycles. The largest absolute Gasteiger partial charge is 1.00 e. The maximum atomic E-state index is 11.1. The molecule has 0 spiro atoms. The topological polar surface area (TPSA) is 43.4 Å². The Hall–Kier alpha value is -0.493. The number of aliphatic carboxylic acids is 1. The van der Waals surface area contributed by atoms with E-state index in [-0.39, 0.29) is 18.9 Å². The van der Waals surface area contributed by atoms with Crippen molar-refractivity contribution in [2.45, 2.75) is 78.2 Å². The second-order valence-electron chi connectivity index (χ2n) is 5.84. The Kier molecular flexibility index (Phi) is 19.2. The molecule has 4 heteroatoms. The van der Waals surface area contributed by atoms with E-state index < -0.39 is 12.0 Å². The summed E-state index contributed by atoms with van der Waals surface area (Å²) in [5, 5.41) is 11.1. The van der Waals surface area contributed by atoms with Crippen molar-refractivity contribution >= 4 is 5.97 Å². The minimum Gasteiger partial charge on any atom is -0.548 e. The smallest absolute Gasteiger partial charge is 0.548 e. The van der Waals surface area contributed by atoms with Gasteiger partial charge in [-0.1, -0.05) is 63.8 Å². The minimum atomic E-state index is -0.982. The zero-order chi connectivity index (χ0) is 16.6. The van der Waals surface area contributed by atoms with Gasteiger partial charge in [-0.25, -0.2) is 0 Å². The first-order chi connectivity index (χ1) is 10.6. The van der Waals surface area contributed by atoms with E-state index in [2.05, 4.69) is 38.2 Å². The van der Waals surface area contributed by atoms with Crippen molar-refractivity contribution in [3.8, 4) is 0 Å². The van der Waals surface area contributed by atoms with Crippen molar-refractivity contribution < 1.29 is 28.8 Å². The van der Waals surface area contributed by atoms with Gasteiger partial charge in [0.1, 0.15) is 0 Å². The van der Waals surface area contributed by atoms with Crippen LogP contribution < -0.4 is 24.0 Å². The molecule has 0 saturated carbocycles. The van der Waals surface area contributed by atoms with Gasteiger partial charge in [0, 0.05) is 19.1 Å². The molecule has 0 aromatic heterocycles. The van der Waals surface area contributed by atoms with Gasteiger partial charge in [0.2, 0.25) is 0 Å². The molecule has 0 N–H and O–H groups in total. The number of carboxylic acid groups (broad SMARTS) is 1. The molecule has 0 amide bonds. The molecule has 0 radical (unpaired) electrons. The molecule has 1 unspecified atom stereocenters.